The summed E-state index contributed by atoms with van der Waals surface area (Å²) >= 11 is 3.43. The summed E-state index contributed by atoms with van der Waals surface area (Å²) in [6.07, 6.45) is 1.67. The minimum Gasteiger partial charge on any atom is -0.461 e. The zero-order chi connectivity index (χ0) is 22.7. The van der Waals surface area contributed by atoms with E-state index in [0.717, 1.165) is 15.8 Å². The number of nitrogens with one attached hydrogen (secondary N) is 1. The van der Waals surface area contributed by atoms with Crippen LogP contribution in [0.25, 0.3) is 11.4 Å². The van der Waals surface area contributed by atoms with Crippen LogP contribution in [0.5, 0.6) is 0 Å². The van der Waals surface area contributed by atoms with Gasteiger partial charge in [-0.15, -0.1) is 5.10 Å². The van der Waals surface area contributed by atoms with Crippen molar-refractivity contribution < 1.29 is 14.3 Å². The maximum atomic E-state index is 12.7. The van der Waals surface area contributed by atoms with Crippen molar-refractivity contribution in [2.45, 2.75) is 13.8 Å². The standard InChI is InChI=1S/C22H19BrN6O3/c1-3-32-22(31)19-11-12-28(26-19)17-9-7-16(8-10-17)24-21(30)20-14(2)29(27-25-20)18-6-4-5-15(23)13-18/h4-13H,3H2,1-2H3,(H,24,30). The van der Waals surface area contributed by atoms with Gasteiger partial charge in [0.05, 0.1) is 23.7 Å². The molecule has 2 heterocycles. The Balaban J connectivity index is 1.47. The SMILES string of the molecule is CCOC(=O)c1ccn(-c2ccc(NC(=O)c3nnn(-c4cccc(Br)c4)c3C)cc2)n1. The van der Waals surface area contributed by atoms with Gasteiger partial charge in [-0.1, -0.05) is 27.2 Å². The van der Waals surface area contributed by atoms with Gasteiger partial charge in [0.2, 0.25) is 0 Å². The summed E-state index contributed by atoms with van der Waals surface area (Å²) in [5.74, 6) is -0.832. The second-order valence-corrected chi connectivity index (χ2v) is 7.70. The molecule has 0 unspecified atom stereocenters. The van der Waals surface area contributed by atoms with Gasteiger partial charge in [-0.05, 0) is 62.4 Å². The molecule has 0 saturated heterocycles. The summed E-state index contributed by atoms with van der Waals surface area (Å²) < 4.78 is 9.03. The van der Waals surface area contributed by atoms with Crippen molar-refractivity contribution in [1.82, 2.24) is 24.8 Å². The largest absolute Gasteiger partial charge is 0.461 e. The second-order valence-electron chi connectivity index (χ2n) is 6.78. The van der Waals surface area contributed by atoms with Crippen LogP contribution in [0.3, 0.4) is 0 Å². The molecule has 2 aromatic carbocycles. The minimum atomic E-state index is -0.471. The normalized spacial score (nSPS) is 10.7. The van der Waals surface area contributed by atoms with E-state index in [-0.39, 0.29) is 23.9 Å². The van der Waals surface area contributed by atoms with Gasteiger partial charge in [0.15, 0.2) is 11.4 Å². The first kappa shape index (κ1) is 21.4. The zero-order valence-electron chi connectivity index (χ0n) is 17.3. The lowest BCUT2D eigenvalue weighted by molar-refractivity contribution is 0.0519. The van der Waals surface area contributed by atoms with Crippen molar-refractivity contribution in [3.05, 3.63) is 82.3 Å². The third kappa shape index (κ3) is 4.45. The Bertz CT molecular complexity index is 1280. The first-order chi connectivity index (χ1) is 15.5. The summed E-state index contributed by atoms with van der Waals surface area (Å²) in [4.78, 5) is 24.5. The molecule has 0 bridgehead atoms. The van der Waals surface area contributed by atoms with Crippen molar-refractivity contribution in [2.24, 2.45) is 0 Å². The molecule has 0 aliphatic rings. The van der Waals surface area contributed by atoms with E-state index >= 15 is 0 Å². The van der Waals surface area contributed by atoms with Gasteiger partial charge < -0.3 is 10.1 Å². The average Bonchev–Trinajstić information content (AvgIpc) is 3.42. The fraction of sp³-hybridized carbons (Fsp3) is 0.136. The molecule has 10 heteroatoms. The van der Waals surface area contributed by atoms with E-state index in [9.17, 15) is 9.59 Å². The number of benzene rings is 2. The molecule has 0 atom stereocenters. The van der Waals surface area contributed by atoms with Crippen LogP contribution in [-0.2, 0) is 4.74 Å². The minimum absolute atomic E-state index is 0.230. The highest BCUT2D eigenvalue weighted by atomic mass is 79.9. The molecule has 2 aromatic heterocycles. The molecule has 162 valence electrons. The van der Waals surface area contributed by atoms with Crippen LogP contribution in [0, 0.1) is 6.92 Å². The van der Waals surface area contributed by atoms with Gasteiger partial charge in [0.25, 0.3) is 5.91 Å². The quantitative estimate of drug-likeness (QED) is 0.407. The summed E-state index contributed by atoms with van der Waals surface area (Å²) in [5, 5.41) is 15.2. The monoisotopic (exact) mass is 494 g/mol. The topological polar surface area (TPSA) is 104 Å². The predicted molar refractivity (Wildman–Crippen MR) is 121 cm³/mol. The number of rotatable bonds is 6. The number of halogens is 1. The second kappa shape index (κ2) is 9.15. The molecule has 0 aliphatic carbocycles. The lowest BCUT2D eigenvalue weighted by Crippen LogP contribution is -2.14. The van der Waals surface area contributed by atoms with Crippen molar-refractivity contribution in [3.8, 4) is 11.4 Å². The number of hydrogen-bond acceptors (Lipinski definition) is 6. The van der Waals surface area contributed by atoms with E-state index in [4.69, 9.17) is 4.74 Å². The Hall–Kier alpha value is -3.79. The smallest absolute Gasteiger partial charge is 0.358 e. The molecular formula is C22H19BrN6O3. The highest BCUT2D eigenvalue weighted by Crippen LogP contribution is 2.19. The molecule has 0 fully saturated rings. The number of carbonyl (C=O) groups is 2. The van der Waals surface area contributed by atoms with E-state index in [1.165, 1.54) is 0 Å². The van der Waals surface area contributed by atoms with E-state index < -0.39 is 5.97 Å². The molecule has 4 aromatic rings. The van der Waals surface area contributed by atoms with Crippen LogP contribution < -0.4 is 5.32 Å². The molecule has 4 rings (SSSR count). The number of carbonyl (C=O) groups excluding carboxylic acids is 2. The summed E-state index contributed by atoms with van der Waals surface area (Å²) in [6.45, 7) is 3.82. The number of ether oxygens (including phenoxy) is 1. The van der Waals surface area contributed by atoms with Gasteiger partial charge >= 0.3 is 5.97 Å². The third-order valence-corrected chi connectivity index (χ3v) is 5.12. The van der Waals surface area contributed by atoms with Crippen LogP contribution >= 0.6 is 15.9 Å². The predicted octanol–water partition coefficient (Wildman–Crippen LogP) is 3.95. The van der Waals surface area contributed by atoms with Crippen LogP contribution in [0.15, 0.2) is 65.3 Å². The van der Waals surface area contributed by atoms with E-state index in [2.05, 4.69) is 36.7 Å². The first-order valence-corrected chi connectivity index (χ1v) is 10.6. The lowest BCUT2D eigenvalue weighted by atomic mass is 10.2. The fourth-order valence-electron chi connectivity index (χ4n) is 3.06. The maximum Gasteiger partial charge on any atom is 0.358 e. The van der Waals surface area contributed by atoms with E-state index in [0.29, 0.717) is 11.4 Å². The summed E-state index contributed by atoms with van der Waals surface area (Å²) in [7, 11) is 0. The highest BCUT2D eigenvalue weighted by Gasteiger charge is 2.18. The number of hydrogen-bond donors (Lipinski definition) is 1. The molecule has 9 nitrogen and oxygen atoms in total. The molecule has 0 saturated carbocycles. The van der Waals surface area contributed by atoms with E-state index in [1.54, 1.807) is 59.7 Å². The Morgan fingerprint density at radius 1 is 1.09 bits per heavy atom. The highest BCUT2D eigenvalue weighted by molar-refractivity contribution is 9.10. The van der Waals surface area contributed by atoms with Crippen molar-refractivity contribution in [2.75, 3.05) is 11.9 Å². The first-order valence-electron chi connectivity index (χ1n) is 9.79. The number of aromatic nitrogens is 5. The van der Waals surface area contributed by atoms with Gasteiger partial charge in [-0.25, -0.2) is 14.2 Å². The molecule has 32 heavy (non-hydrogen) atoms. The van der Waals surface area contributed by atoms with Crippen molar-refractivity contribution in [1.29, 1.82) is 0 Å². The van der Waals surface area contributed by atoms with E-state index in [1.807, 2.05) is 24.3 Å². The number of amides is 1. The Morgan fingerprint density at radius 3 is 2.59 bits per heavy atom. The van der Waals surface area contributed by atoms with Crippen LogP contribution in [0.1, 0.15) is 33.6 Å². The van der Waals surface area contributed by atoms with Crippen LogP contribution in [-0.4, -0.2) is 43.3 Å². The van der Waals surface area contributed by atoms with Crippen molar-refractivity contribution in [3.63, 3.8) is 0 Å². The van der Waals surface area contributed by atoms with Crippen molar-refractivity contribution >= 4 is 33.5 Å². The van der Waals surface area contributed by atoms with Crippen LogP contribution in [0.2, 0.25) is 0 Å². The maximum absolute atomic E-state index is 12.7. The van der Waals surface area contributed by atoms with Gasteiger partial charge in [-0.2, -0.15) is 5.10 Å². The molecule has 1 amide bonds. The molecule has 1 N–H and O–H groups in total. The van der Waals surface area contributed by atoms with Gasteiger partial charge in [0.1, 0.15) is 0 Å². The lowest BCUT2D eigenvalue weighted by Gasteiger charge is -2.07. The summed E-state index contributed by atoms with van der Waals surface area (Å²) in [6, 6.07) is 16.2. The van der Waals surface area contributed by atoms with Gasteiger partial charge in [-0.3, -0.25) is 4.79 Å². The number of esters is 1. The Kier molecular flexibility index (Phi) is 6.13. The Labute approximate surface area is 192 Å². The van der Waals surface area contributed by atoms with Crippen LogP contribution in [0.4, 0.5) is 5.69 Å². The summed E-state index contributed by atoms with van der Waals surface area (Å²) in [5.41, 5.74) is 3.21. The molecular weight excluding hydrogens is 476 g/mol. The molecule has 0 aliphatic heterocycles. The third-order valence-electron chi connectivity index (χ3n) is 4.63. The average molecular weight is 495 g/mol. The Morgan fingerprint density at radius 2 is 1.88 bits per heavy atom. The number of nitrogens with zero attached hydrogens (tertiary/aromatic N) is 5. The molecule has 0 spiro atoms. The fourth-order valence-corrected chi connectivity index (χ4v) is 3.45. The number of anilines is 1. The zero-order valence-corrected chi connectivity index (χ0v) is 18.9. The van der Waals surface area contributed by atoms with Gasteiger partial charge in [0, 0.05) is 16.4 Å². The molecule has 0 radical (unpaired) electrons.